The van der Waals surface area contributed by atoms with Crippen LogP contribution < -0.4 is 23.4 Å². The van der Waals surface area contributed by atoms with Gasteiger partial charge in [-0.15, -0.1) is 9.36 Å². The number of para-hydroxylation sites is 5. The molecule has 0 spiro atoms. The van der Waals surface area contributed by atoms with Crippen LogP contribution in [0.25, 0.3) is 72.0 Å². The van der Waals surface area contributed by atoms with E-state index in [1.165, 1.54) is 38.8 Å². The molecule has 0 unspecified atom stereocenters. The van der Waals surface area contributed by atoms with Gasteiger partial charge in [-0.3, -0.25) is 0 Å². The molecule has 0 atom stereocenters. The summed E-state index contributed by atoms with van der Waals surface area (Å²) in [4.78, 5) is 0. The Morgan fingerprint density at radius 1 is 0.340 bits per heavy atom. The third kappa shape index (κ3) is 12.9. The molecule has 0 N–H and O–H groups in total. The van der Waals surface area contributed by atoms with Crippen LogP contribution in [0, 0.1) is 132 Å². The number of nitrogens with zero attached hydrogens (tertiary/aromatic N) is 15. The van der Waals surface area contributed by atoms with Gasteiger partial charge in [-0.05, 0) is 153 Å². The minimum atomic E-state index is -0.177. The Bertz CT molecular complexity index is 5610. The predicted octanol–water partition coefficient (Wildman–Crippen LogP) is 13.7. The SMILES string of the molecule is Cc1cc(C#N)cc(C#N)c1-[n+]1c2ccccc2c(C)n1C.Cc1cc(C#N)ccc1-[n+]1c2ccccc2c(C)n1C.Cc1cc(F)cc(C)c1-n1ccc[n+]1C.Cc1ccc(C#N)cc1-[n+]1c2ccccc2c(C)n1C.Cc1cccc(C#N)c1-[n+]1c2ccccc2c(C)n1C. The van der Waals surface area contributed by atoms with Gasteiger partial charge in [0, 0.05) is 64.7 Å². The summed E-state index contributed by atoms with van der Waals surface area (Å²) >= 11 is 0. The molecule has 5 aromatic heterocycles. The molecule has 0 saturated carbocycles. The summed E-state index contributed by atoms with van der Waals surface area (Å²) < 4.78 is 34.1. The van der Waals surface area contributed by atoms with Gasteiger partial charge in [0.05, 0.1) is 114 Å². The summed E-state index contributed by atoms with van der Waals surface area (Å²) in [5.74, 6) is -0.177. The molecule has 0 amide bonds. The average Bonchev–Trinajstić information content (AvgIpc) is 1.65. The number of hydrogen-bond acceptors (Lipinski definition) is 5. The Kier molecular flexibility index (Phi) is 19.7. The van der Waals surface area contributed by atoms with Gasteiger partial charge in [-0.1, -0.05) is 85.5 Å². The van der Waals surface area contributed by atoms with Crippen LogP contribution in [-0.2, 0) is 35.2 Å². The molecule has 14 aromatic rings. The molecule has 0 fully saturated rings. The van der Waals surface area contributed by atoms with E-state index in [0.29, 0.717) is 27.8 Å². The molecular formula is C81H77FN15+5. The monoisotopic (exact) mass is 1280 g/mol. The fourth-order valence-electron chi connectivity index (χ4n) is 13.0. The molecule has 16 heteroatoms. The van der Waals surface area contributed by atoms with Crippen molar-refractivity contribution >= 4 is 43.6 Å². The Morgan fingerprint density at radius 2 is 0.753 bits per heavy atom. The van der Waals surface area contributed by atoms with Crippen LogP contribution in [0.1, 0.15) is 84.0 Å². The smallest absolute Gasteiger partial charge is 0.207 e. The molecule has 97 heavy (non-hydrogen) atoms. The van der Waals surface area contributed by atoms with E-state index >= 15 is 0 Å². The number of aromatic nitrogens is 10. The zero-order valence-corrected chi connectivity index (χ0v) is 57.6. The van der Waals surface area contributed by atoms with E-state index in [0.717, 1.165) is 89.4 Å². The third-order valence-electron chi connectivity index (χ3n) is 18.2. The molecule has 5 heterocycles. The van der Waals surface area contributed by atoms with E-state index in [1.54, 1.807) is 18.2 Å². The standard InChI is InChI=1S/C18H15N4.3C17H16N3.C12H14FN2/c1-12-8-14(10-19)9-15(11-20)18(12)22-17-7-5-4-6-16(17)13(2)21(22)3;1-12-7-6-8-14(11-18)17(12)20-16-10-5-4-9-15(16)13(2)19(20)3;1-12-10-14(11-18)8-9-16(12)20-17-7-5-4-6-15(17)13(2)19(20)3;1-12-8-9-14(11-18)10-17(12)20-16-7-5-4-6-15(16)13(2)19(20)3;1-9-7-11(13)8-10(2)12(9)15-6-4-5-14(15)3/h4-9H,1-3H3;3*4-10H,1-3H3;4-8H,1-3H3/q5*+1. The highest BCUT2D eigenvalue weighted by Gasteiger charge is 2.30. The molecule has 15 nitrogen and oxygen atoms in total. The normalized spacial score (nSPS) is 10.6. The first-order valence-corrected chi connectivity index (χ1v) is 31.7. The Hall–Kier alpha value is -12.6. The van der Waals surface area contributed by atoms with Crippen molar-refractivity contribution in [3.63, 3.8) is 0 Å². The fourth-order valence-corrected chi connectivity index (χ4v) is 13.0. The summed E-state index contributed by atoms with van der Waals surface area (Å²) in [6, 6.07) is 70.2. The summed E-state index contributed by atoms with van der Waals surface area (Å²) in [6.07, 6.45) is 3.93. The first-order chi connectivity index (χ1) is 46.6. The molecule has 0 radical (unpaired) electrons. The Morgan fingerprint density at radius 3 is 1.20 bits per heavy atom. The third-order valence-corrected chi connectivity index (χ3v) is 18.2. The number of benzene rings is 9. The van der Waals surface area contributed by atoms with Crippen LogP contribution in [0.2, 0.25) is 0 Å². The predicted molar refractivity (Wildman–Crippen MR) is 376 cm³/mol. The Balaban J connectivity index is 0.000000132. The fraction of sp³-hybridized carbons (Fsp3) is 0.185. The van der Waals surface area contributed by atoms with Crippen LogP contribution in [0.15, 0.2) is 194 Å². The first-order valence-electron chi connectivity index (χ1n) is 31.7. The molecule has 0 aliphatic carbocycles. The lowest BCUT2D eigenvalue weighted by atomic mass is 10.0. The first kappa shape index (κ1) is 67.3. The molecule has 0 bridgehead atoms. The summed E-state index contributed by atoms with van der Waals surface area (Å²) in [5, 5.41) is 51.0. The number of hydrogen-bond donors (Lipinski definition) is 0. The van der Waals surface area contributed by atoms with E-state index in [1.807, 2.05) is 197 Å². The van der Waals surface area contributed by atoms with Gasteiger partial charge in [0.25, 0.3) is 11.4 Å². The zero-order valence-electron chi connectivity index (χ0n) is 57.6. The lowest BCUT2D eigenvalue weighted by Crippen LogP contribution is -2.41. The quantitative estimate of drug-likeness (QED) is 0.156. The van der Waals surface area contributed by atoms with Crippen molar-refractivity contribution in [1.82, 2.24) is 23.4 Å². The van der Waals surface area contributed by atoms with Gasteiger partial charge >= 0.3 is 0 Å². The van der Waals surface area contributed by atoms with Crippen molar-refractivity contribution < 1.29 is 27.8 Å². The maximum Gasteiger partial charge on any atom is 0.257 e. The molecule has 0 aliphatic rings. The molecule has 478 valence electrons. The number of halogens is 1. The van der Waals surface area contributed by atoms with Gasteiger partial charge in [0.2, 0.25) is 33.4 Å². The molecule has 0 saturated heterocycles. The average molecular weight is 1280 g/mol. The van der Waals surface area contributed by atoms with Crippen LogP contribution in [0.4, 0.5) is 4.39 Å². The van der Waals surface area contributed by atoms with Gasteiger partial charge in [0.1, 0.15) is 34.8 Å². The number of nitriles is 5. The zero-order chi connectivity index (χ0) is 69.7. The van der Waals surface area contributed by atoms with Crippen LogP contribution >= 0.6 is 0 Å². The highest BCUT2D eigenvalue weighted by atomic mass is 19.1. The van der Waals surface area contributed by atoms with Crippen LogP contribution in [-0.4, -0.2) is 23.4 Å². The second kappa shape index (κ2) is 28.4. The van der Waals surface area contributed by atoms with Crippen molar-refractivity contribution in [3.05, 3.63) is 284 Å². The minimum Gasteiger partial charge on any atom is -0.207 e. The topological polar surface area (TPSA) is 163 Å². The second-order valence-electron chi connectivity index (χ2n) is 24.3. The van der Waals surface area contributed by atoms with Crippen molar-refractivity contribution in [3.8, 4) is 58.8 Å². The van der Waals surface area contributed by atoms with Crippen molar-refractivity contribution in [2.24, 2.45) is 35.2 Å². The maximum atomic E-state index is 13.1. The summed E-state index contributed by atoms with van der Waals surface area (Å²) in [6.45, 7) is 20.3. The highest BCUT2D eigenvalue weighted by Crippen LogP contribution is 2.26. The van der Waals surface area contributed by atoms with Gasteiger partial charge in [0.15, 0.2) is 13.2 Å². The van der Waals surface area contributed by atoms with E-state index in [9.17, 15) is 14.9 Å². The van der Waals surface area contributed by atoms with Crippen molar-refractivity contribution in [1.29, 1.82) is 26.3 Å². The molecule has 0 aliphatic heterocycles. The van der Waals surface area contributed by atoms with Crippen LogP contribution in [0.5, 0.6) is 0 Å². The van der Waals surface area contributed by atoms with Crippen molar-refractivity contribution in [2.75, 3.05) is 0 Å². The largest absolute Gasteiger partial charge is 0.257 e. The van der Waals surface area contributed by atoms with E-state index < -0.39 is 0 Å². The highest BCUT2D eigenvalue weighted by molar-refractivity contribution is 5.81. The lowest BCUT2D eigenvalue weighted by Gasteiger charge is -2.08. The minimum absolute atomic E-state index is 0.177. The number of rotatable bonds is 5. The summed E-state index contributed by atoms with van der Waals surface area (Å²) in [5.41, 5.74) is 23.5. The van der Waals surface area contributed by atoms with Gasteiger partial charge in [-0.25, -0.2) is 4.39 Å². The Labute approximate surface area is 565 Å². The van der Waals surface area contributed by atoms with Crippen LogP contribution in [0.3, 0.4) is 0 Å². The molecule has 9 aromatic carbocycles. The summed E-state index contributed by atoms with van der Waals surface area (Å²) in [7, 11) is 10.1. The van der Waals surface area contributed by atoms with Gasteiger partial charge < -0.3 is 0 Å². The number of fused-ring (bicyclic) bond motifs is 4. The number of aryl methyl sites for hydroxylation is 11. The maximum absolute atomic E-state index is 13.1. The van der Waals surface area contributed by atoms with E-state index in [4.69, 9.17) is 15.8 Å². The second-order valence-corrected chi connectivity index (χ2v) is 24.3. The van der Waals surface area contributed by atoms with Crippen molar-refractivity contribution in [2.45, 2.75) is 69.2 Å². The molecule has 14 rings (SSSR count). The van der Waals surface area contributed by atoms with E-state index in [-0.39, 0.29) is 5.82 Å². The van der Waals surface area contributed by atoms with E-state index in [2.05, 4.69) is 161 Å². The lowest BCUT2D eigenvalue weighted by molar-refractivity contribution is -0.744. The molecular weight excluding hydrogens is 1200 g/mol. The van der Waals surface area contributed by atoms with Gasteiger partial charge in [-0.2, -0.15) is 45.0 Å².